The summed E-state index contributed by atoms with van der Waals surface area (Å²) in [5.41, 5.74) is 0. The zero-order valence-electron chi connectivity index (χ0n) is 8.67. The second-order valence-corrected chi connectivity index (χ2v) is 3.97. The van der Waals surface area contributed by atoms with Crippen LogP contribution in [0.3, 0.4) is 0 Å². The van der Waals surface area contributed by atoms with Crippen molar-refractivity contribution >= 4 is 17.5 Å². The molecule has 0 saturated carbocycles. The molecule has 1 amide bonds. The SMILES string of the molecule is CCOCC1CCN(C(=O)CCCl)C1. The number of carbonyl (C=O) groups is 1. The summed E-state index contributed by atoms with van der Waals surface area (Å²) in [6, 6.07) is 0. The van der Waals surface area contributed by atoms with Crippen molar-refractivity contribution in [1.29, 1.82) is 0 Å². The topological polar surface area (TPSA) is 29.5 Å². The Kier molecular flexibility index (Phi) is 5.26. The van der Waals surface area contributed by atoms with E-state index < -0.39 is 0 Å². The van der Waals surface area contributed by atoms with Gasteiger partial charge < -0.3 is 9.64 Å². The zero-order valence-corrected chi connectivity index (χ0v) is 9.42. The minimum absolute atomic E-state index is 0.180. The fraction of sp³-hybridized carbons (Fsp3) is 0.900. The van der Waals surface area contributed by atoms with Crippen LogP contribution in [-0.2, 0) is 9.53 Å². The van der Waals surface area contributed by atoms with E-state index >= 15 is 0 Å². The second-order valence-electron chi connectivity index (χ2n) is 3.59. The second kappa shape index (κ2) is 6.25. The molecule has 3 nitrogen and oxygen atoms in total. The minimum atomic E-state index is 0.180. The maximum atomic E-state index is 11.5. The Hall–Kier alpha value is -0.280. The first-order valence-electron chi connectivity index (χ1n) is 5.19. The molecule has 1 atom stereocenters. The molecule has 0 N–H and O–H groups in total. The molecule has 1 heterocycles. The molecule has 1 fully saturated rings. The molecule has 14 heavy (non-hydrogen) atoms. The summed E-state index contributed by atoms with van der Waals surface area (Å²) in [5.74, 6) is 1.12. The number of carbonyl (C=O) groups excluding carboxylic acids is 1. The van der Waals surface area contributed by atoms with Gasteiger partial charge in [0.25, 0.3) is 0 Å². The molecule has 82 valence electrons. The van der Waals surface area contributed by atoms with E-state index in [4.69, 9.17) is 16.3 Å². The van der Waals surface area contributed by atoms with E-state index in [1.807, 2.05) is 11.8 Å². The van der Waals surface area contributed by atoms with Crippen LogP contribution in [0.2, 0.25) is 0 Å². The molecule has 0 aliphatic carbocycles. The number of halogens is 1. The van der Waals surface area contributed by atoms with Crippen LogP contribution in [0.1, 0.15) is 19.8 Å². The standard InChI is InChI=1S/C10H18ClNO2/c1-2-14-8-9-4-6-12(7-9)10(13)3-5-11/h9H,2-8H2,1H3. The van der Waals surface area contributed by atoms with E-state index in [1.54, 1.807) is 0 Å². The summed E-state index contributed by atoms with van der Waals surface area (Å²) in [4.78, 5) is 13.4. The third-order valence-corrected chi connectivity index (χ3v) is 2.69. The molecule has 1 aliphatic rings. The fourth-order valence-electron chi connectivity index (χ4n) is 1.72. The Balaban J connectivity index is 2.22. The molecule has 1 unspecified atom stereocenters. The maximum Gasteiger partial charge on any atom is 0.223 e. The van der Waals surface area contributed by atoms with E-state index in [0.717, 1.165) is 32.7 Å². The van der Waals surface area contributed by atoms with Crippen molar-refractivity contribution in [2.75, 3.05) is 32.2 Å². The predicted octanol–water partition coefficient (Wildman–Crippen LogP) is 1.50. The van der Waals surface area contributed by atoms with Gasteiger partial charge in [0.1, 0.15) is 0 Å². The zero-order chi connectivity index (χ0) is 10.4. The molecule has 1 rings (SSSR count). The molecule has 0 bridgehead atoms. The van der Waals surface area contributed by atoms with Crippen molar-refractivity contribution in [2.45, 2.75) is 19.8 Å². The van der Waals surface area contributed by atoms with Crippen LogP contribution in [-0.4, -0.2) is 43.0 Å². The third kappa shape index (κ3) is 3.46. The number of nitrogens with zero attached hydrogens (tertiary/aromatic N) is 1. The number of hydrogen-bond acceptors (Lipinski definition) is 2. The van der Waals surface area contributed by atoms with Crippen molar-refractivity contribution in [3.63, 3.8) is 0 Å². The van der Waals surface area contributed by atoms with Crippen molar-refractivity contribution in [3.8, 4) is 0 Å². The van der Waals surface area contributed by atoms with Gasteiger partial charge in [-0.15, -0.1) is 11.6 Å². The van der Waals surface area contributed by atoms with Crippen LogP contribution in [0.25, 0.3) is 0 Å². The third-order valence-electron chi connectivity index (χ3n) is 2.50. The summed E-state index contributed by atoms with van der Waals surface area (Å²) in [6.45, 7) is 5.24. The van der Waals surface area contributed by atoms with Gasteiger partial charge in [-0.3, -0.25) is 4.79 Å². The Morgan fingerprint density at radius 3 is 3.07 bits per heavy atom. The predicted molar refractivity (Wildman–Crippen MR) is 56.5 cm³/mol. The minimum Gasteiger partial charge on any atom is -0.381 e. The fourth-order valence-corrected chi connectivity index (χ4v) is 1.88. The summed E-state index contributed by atoms with van der Waals surface area (Å²) in [6.07, 6.45) is 1.52. The van der Waals surface area contributed by atoms with Gasteiger partial charge in [0, 0.05) is 37.9 Å². The Morgan fingerprint density at radius 1 is 1.64 bits per heavy atom. The lowest BCUT2D eigenvalue weighted by molar-refractivity contribution is -0.129. The highest BCUT2D eigenvalue weighted by Gasteiger charge is 2.25. The first-order valence-corrected chi connectivity index (χ1v) is 5.72. The summed E-state index contributed by atoms with van der Waals surface area (Å²) in [7, 11) is 0. The molecule has 0 aromatic carbocycles. The quantitative estimate of drug-likeness (QED) is 0.656. The van der Waals surface area contributed by atoms with Gasteiger partial charge in [0.05, 0.1) is 6.61 Å². The van der Waals surface area contributed by atoms with Crippen LogP contribution in [0, 0.1) is 5.92 Å². The number of amides is 1. The molecule has 4 heteroatoms. The molecule has 0 spiro atoms. The molecular weight excluding hydrogens is 202 g/mol. The van der Waals surface area contributed by atoms with E-state index in [-0.39, 0.29) is 5.91 Å². The van der Waals surface area contributed by atoms with Gasteiger partial charge >= 0.3 is 0 Å². The normalized spacial score (nSPS) is 21.6. The van der Waals surface area contributed by atoms with E-state index in [1.165, 1.54) is 0 Å². The Morgan fingerprint density at radius 2 is 2.43 bits per heavy atom. The summed E-state index contributed by atoms with van der Waals surface area (Å²) in [5, 5.41) is 0. The number of likely N-dealkylation sites (tertiary alicyclic amines) is 1. The van der Waals surface area contributed by atoms with Gasteiger partial charge in [-0.25, -0.2) is 0 Å². The monoisotopic (exact) mass is 219 g/mol. The van der Waals surface area contributed by atoms with Crippen LogP contribution in [0.4, 0.5) is 0 Å². The average Bonchev–Trinajstić information content (AvgIpc) is 2.63. The highest BCUT2D eigenvalue weighted by molar-refractivity contribution is 6.18. The van der Waals surface area contributed by atoms with Crippen LogP contribution < -0.4 is 0 Å². The average molecular weight is 220 g/mol. The lowest BCUT2D eigenvalue weighted by Crippen LogP contribution is -2.29. The van der Waals surface area contributed by atoms with Gasteiger partial charge in [0.15, 0.2) is 0 Å². The smallest absolute Gasteiger partial charge is 0.223 e. The first-order chi connectivity index (χ1) is 6.77. The van der Waals surface area contributed by atoms with Crippen molar-refractivity contribution in [1.82, 2.24) is 4.90 Å². The maximum absolute atomic E-state index is 11.5. The molecule has 1 saturated heterocycles. The lowest BCUT2D eigenvalue weighted by Gasteiger charge is -2.15. The highest BCUT2D eigenvalue weighted by Crippen LogP contribution is 2.17. The van der Waals surface area contributed by atoms with Crippen molar-refractivity contribution in [3.05, 3.63) is 0 Å². The van der Waals surface area contributed by atoms with Crippen LogP contribution >= 0.6 is 11.6 Å². The van der Waals surface area contributed by atoms with Gasteiger partial charge in [-0.1, -0.05) is 0 Å². The molecule has 0 aromatic heterocycles. The number of ether oxygens (including phenoxy) is 1. The van der Waals surface area contributed by atoms with E-state index in [0.29, 0.717) is 18.2 Å². The Labute approximate surface area is 90.4 Å². The van der Waals surface area contributed by atoms with E-state index in [9.17, 15) is 4.79 Å². The van der Waals surface area contributed by atoms with Crippen LogP contribution in [0.15, 0.2) is 0 Å². The summed E-state index contributed by atoms with van der Waals surface area (Å²) >= 11 is 5.52. The first kappa shape index (κ1) is 11.8. The number of alkyl halides is 1. The van der Waals surface area contributed by atoms with Gasteiger partial charge in [-0.05, 0) is 13.3 Å². The number of hydrogen-bond donors (Lipinski definition) is 0. The largest absolute Gasteiger partial charge is 0.381 e. The van der Waals surface area contributed by atoms with E-state index in [2.05, 4.69) is 0 Å². The molecule has 0 radical (unpaired) electrons. The van der Waals surface area contributed by atoms with Gasteiger partial charge in [-0.2, -0.15) is 0 Å². The van der Waals surface area contributed by atoms with Crippen molar-refractivity contribution < 1.29 is 9.53 Å². The lowest BCUT2D eigenvalue weighted by atomic mass is 10.1. The molecule has 0 aromatic rings. The Bertz CT molecular complexity index is 187. The molecule has 1 aliphatic heterocycles. The number of rotatable bonds is 5. The molecular formula is C10H18ClNO2. The summed E-state index contributed by atoms with van der Waals surface area (Å²) < 4.78 is 5.34. The highest BCUT2D eigenvalue weighted by atomic mass is 35.5. The van der Waals surface area contributed by atoms with Gasteiger partial charge in [0.2, 0.25) is 5.91 Å². The van der Waals surface area contributed by atoms with Crippen LogP contribution in [0.5, 0.6) is 0 Å². The van der Waals surface area contributed by atoms with Crippen molar-refractivity contribution in [2.24, 2.45) is 5.92 Å².